The van der Waals surface area contributed by atoms with Gasteiger partial charge in [0.2, 0.25) is 0 Å². The molecule has 0 amide bonds. The maximum absolute atomic E-state index is 4.37. The van der Waals surface area contributed by atoms with Crippen LogP contribution in [0.2, 0.25) is 0 Å². The summed E-state index contributed by atoms with van der Waals surface area (Å²) in [6.45, 7) is 7.05. The molecule has 0 aliphatic carbocycles. The van der Waals surface area contributed by atoms with Gasteiger partial charge in [-0.15, -0.1) is 0 Å². The molecule has 0 aromatic heterocycles. The van der Waals surface area contributed by atoms with E-state index in [-0.39, 0.29) is 0 Å². The predicted molar refractivity (Wildman–Crippen MR) is 69.4 cm³/mol. The fraction of sp³-hybridized carbons (Fsp3) is 0.462. The third kappa shape index (κ3) is 2.35. The highest BCUT2D eigenvalue weighted by Gasteiger charge is 2.06. The third-order valence-electron chi connectivity index (χ3n) is 3.02. The van der Waals surface area contributed by atoms with E-state index >= 15 is 0 Å². The molecule has 0 radical (unpaired) electrons. The molecular weight excluding hydrogens is 198 g/mol. The smallest absolute Gasteiger partial charge is 0.116 e. The lowest BCUT2D eigenvalue weighted by molar-refractivity contribution is 0.955. The number of nitrogens with one attached hydrogen (secondary N) is 2. The number of hydrogen-bond donors (Lipinski definition) is 2. The van der Waals surface area contributed by atoms with Crippen molar-refractivity contribution in [3.05, 3.63) is 29.3 Å². The second-order valence-electron chi connectivity index (χ2n) is 4.05. The number of hydrogen-bond acceptors (Lipinski definition) is 3. The summed E-state index contributed by atoms with van der Waals surface area (Å²) in [6, 6.07) is 6.42. The van der Waals surface area contributed by atoms with Gasteiger partial charge in [-0.3, -0.25) is 4.99 Å². The molecule has 3 nitrogen and oxygen atoms in total. The van der Waals surface area contributed by atoms with Gasteiger partial charge in [0.15, 0.2) is 0 Å². The number of aryl methyl sites for hydroxylation is 1. The number of rotatable bonds is 4. The van der Waals surface area contributed by atoms with Gasteiger partial charge in [-0.2, -0.15) is 0 Å². The summed E-state index contributed by atoms with van der Waals surface area (Å²) in [5, 5.41) is 6.70. The largest absolute Gasteiger partial charge is 0.378 e. The van der Waals surface area contributed by atoms with Gasteiger partial charge in [0.1, 0.15) is 5.84 Å². The fourth-order valence-corrected chi connectivity index (χ4v) is 2.00. The van der Waals surface area contributed by atoms with Crippen molar-refractivity contribution in [3.63, 3.8) is 0 Å². The van der Waals surface area contributed by atoms with Crippen LogP contribution in [0.3, 0.4) is 0 Å². The van der Waals surface area contributed by atoms with Crippen LogP contribution in [0.4, 0.5) is 5.69 Å². The van der Waals surface area contributed by atoms with Gasteiger partial charge in [0, 0.05) is 12.2 Å². The maximum atomic E-state index is 4.37. The molecule has 0 fully saturated rings. The predicted octanol–water partition coefficient (Wildman–Crippen LogP) is 1.97. The van der Waals surface area contributed by atoms with Crippen molar-refractivity contribution in [2.24, 2.45) is 4.99 Å². The first-order chi connectivity index (χ1) is 7.81. The van der Waals surface area contributed by atoms with E-state index in [2.05, 4.69) is 47.7 Å². The second kappa shape index (κ2) is 5.01. The Balaban J connectivity index is 2.03. The van der Waals surface area contributed by atoms with Gasteiger partial charge < -0.3 is 10.6 Å². The molecule has 0 saturated heterocycles. The molecule has 1 aliphatic rings. The van der Waals surface area contributed by atoms with Crippen LogP contribution < -0.4 is 10.6 Å². The summed E-state index contributed by atoms with van der Waals surface area (Å²) < 4.78 is 0. The summed E-state index contributed by atoms with van der Waals surface area (Å²) in [6.07, 6.45) is 1.08. The number of anilines is 1. The van der Waals surface area contributed by atoms with E-state index in [0.717, 1.165) is 31.9 Å². The Bertz CT molecular complexity index is 396. The summed E-state index contributed by atoms with van der Waals surface area (Å²) in [7, 11) is 0. The molecule has 16 heavy (non-hydrogen) atoms. The molecule has 0 unspecified atom stereocenters. The Hall–Kier alpha value is -1.51. The summed E-state index contributed by atoms with van der Waals surface area (Å²) in [4.78, 5) is 4.37. The molecule has 1 aliphatic heterocycles. The molecule has 0 spiro atoms. The van der Waals surface area contributed by atoms with E-state index in [1.54, 1.807) is 0 Å². The van der Waals surface area contributed by atoms with Gasteiger partial charge in [-0.25, -0.2) is 0 Å². The standard InChI is InChI=1S/C13H19N3/c1-3-11-5-4-6-12(10(11)2)16-9-13-14-7-8-15-13/h4-6,16H,3,7-9H2,1-2H3,(H,14,15). The van der Waals surface area contributed by atoms with Crippen LogP contribution in [0.5, 0.6) is 0 Å². The maximum Gasteiger partial charge on any atom is 0.116 e. The lowest BCUT2D eigenvalue weighted by Crippen LogP contribution is -2.26. The van der Waals surface area contributed by atoms with Crippen molar-refractivity contribution < 1.29 is 0 Å². The van der Waals surface area contributed by atoms with Crippen LogP contribution in [0.1, 0.15) is 18.1 Å². The van der Waals surface area contributed by atoms with E-state index in [4.69, 9.17) is 0 Å². The molecule has 2 rings (SSSR count). The quantitative estimate of drug-likeness (QED) is 0.809. The summed E-state index contributed by atoms with van der Waals surface area (Å²) >= 11 is 0. The topological polar surface area (TPSA) is 36.4 Å². The monoisotopic (exact) mass is 217 g/mol. The Labute approximate surface area is 97.0 Å². The van der Waals surface area contributed by atoms with Crippen molar-refractivity contribution in [1.82, 2.24) is 5.32 Å². The van der Waals surface area contributed by atoms with Crippen LogP contribution >= 0.6 is 0 Å². The number of amidine groups is 1. The first kappa shape index (κ1) is 11.0. The molecule has 1 aromatic rings. The van der Waals surface area contributed by atoms with E-state index < -0.39 is 0 Å². The van der Waals surface area contributed by atoms with Crippen molar-refractivity contribution in [2.45, 2.75) is 20.3 Å². The van der Waals surface area contributed by atoms with Gasteiger partial charge in [0.25, 0.3) is 0 Å². The SMILES string of the molecule is CCc1cccc(NCC2=NCCN2)c1C. The molecule has 1 heterocycles. The van der Waals surface area contributed by atoms with E-state index in [1.807, 2.05) is 0 Å². The van der Waals surface area contributed by atoms with Gasteiger partial charge in [0.05, 0.1) is 13.1 Å². The first-order valence-corrected chi connectivity index (χ1v) is 5.91. The van der Waals surface area contributed by atoms with E-state index in [1.165, 1.54) is 16.8 Å². The zero-order valence-corrected chi connectivity index (χ0v) is 10.0. The first-order valence-electron chi connectivity index (χ1n) is 5.91. The molecule has 1 aromatic carbocycles. The molecule has 0 atom stereocenters. The summed E-state index contributed by atoms with van der Waals surface area (Å²) in [5.74, 6) is 1.07. The lowest BCUT2D eigenvalue weighted by atomic mass is 10.0. The minimum atomic E-state index is 0.800. The van der Waals surface area contributed by atoms with Crippen LogP contribution in [-0.4, -0.2) is 25.5 Å². The zero-order chi connectivity index (χ0) is 11.4. The number of nitrogens with zero attached hydrogens (tertiary/aromatic N) is 1. The highest BCUT2D eigenvalue weighted by molar-refractivity contribution is 5.87. The Kier molecular flexibility index (Phi) is 3.44. The highest BCUT2D eigenvalue weighted by atomic mass is 15.1. The van der Waals surface area contributed by atoms with E-state index in [0.29, 0.717) is 0 Å². The molecular formula is C13H19N3. The van der Waals surface area contributed by atoms with Gasteiger partial charge >= 0.3 is 0 Å². The van der Waals surface area contributed by atoms with Crippen molar-refractivity contribution in [1.29, 1.82) is 0 Å². The lowest BCUT2D eigenvalue weighted by Gasteiger charge is -2.12. The normalized spacial score (nSPS) is 14.5. The van der Waals surface area contributed by atoms with Gasteiger partial charge in [-0.1, -0.05) is 19.1 Å². The number of benzene rings is 1. The third-order valence-corrected chi connectivity index (χ3v) is 3.02. The van der Waals surface area contributed by atoms with Crippen molar-refractivity contribution >= 4 is 11.5 Å². The summed E-state index contributed by atoms with van der Waals surface area (Å²) in [5.41, 5.74) is 3.98. The number of aliphatic imine (C=N–C) groups is 1. The molecule has 0 bridgehead atoms. The van der Waals surface area contributed by atoms with E-state index in [9.17, 15) is 0 Å². The average Bonchev–Trinajstić information content (AvgIpc) is 2.81. The van der Waals surface area contributed by atoms with Gasteiger partial charge in [-0.05, 0) is 30.5 Å². The molecule has 86 valence electrons. The second-order valence-corrected chi connectivity index (χ2v) is 4.05. The molecule has 2 N–H and O–H groups in total. The fourth-order valence-electron chi connectivity index (χ4n) is 2.00. The van der Waals surface area contributed by atoms with Crippen LogP contribution in [0, 0.1) is 6.92 Å². The van der Waals surface area contributed by atoms with Crippen LogP contribution in [0.25, 0.3) is 0 Å². The van der Waals surface area contributed by atoms with Crippen LogP contribution in [0.15, 0.2) is 23.2 Å². The highest BCUT2D eigenvalue weighted by Crippen LogP contribution is 2.18. The molecule has 3 heteroatoms. The van der Waals surface area contributed by atoms with Crippen molar-refractivity contribution in [2.75, 3.05) is 25.0 Å². The van der Waals surface area contributed by atoms with Crippen molar-refractivity contribution in [3.8, 4) is 0 Å². The average molecular weight is 217 g/mol. The Morgan fingerprint density at radius 1 is 1.44 bits per heavy atom. The van der Waals surface area contributed by atoms with Crippen LogP contribution in [-0.2, 0) is 6.42 Å². The zero-order valence-electron chi connectivity index (χ0n) is 10.0. The molecule has 0 saturated carbocycles. The Morgan fingerprint density at radius 3 is 3.00 bits per heavy atom. The Morgan fingerprint density at radius 2 is 2.31 bits per heavy atom. The minimum absolute atomic E-state index is 0.800. The minimum Gasteiger partial charge on any atom is -0.378 e.